The van der Waals surface area contributed by atoms with Gasteiger partial charge in [-0.2, -0.15) is 0 Å². The van der Waals surface area contributed by atoms with Crippen LogP contribution in [-0.4, -0.2) is 47.6 Å². The van der Waals surface area contributed by atoms with Crippen LogP contribution in [0.3, 0.4) is 0 Å². The summed E-state index contributed by atoms with van der Waals surface area (Å²) in [5, 5.41) is 11.6. The lowest BCUT2D eigenvalue weighted by molar-refractivity contribution is -0.430. The van der Waals surface area contributed by atoms with Crippen molar-refractivity contribution in [3.8, 4) is 0 Å². The molecule has 176 valence electrons. The van der Waals surface area contributed by atoms with E-state index in [1.807, 2.05) is 19.9 Å². The molecule has 1 aliphatic heterocycles. The summed E-state index contributed by atoms with van der Waals surface area (Å²) in [6.45, 7) is 8.58. The topological polar surface area (TPSA) is 82.1 Å². The molecule has 1 spiro atoms. The van der Waals surface area contributed by atoms with Gasteiger partial charge in [-0.15, -0.1) is 0 Å². The van der Waals surface area contributed by atoms with Gasteiger partial charge in [0, 0.05) is 29.8 Å². The predicted molar refractivity (Wildman–Crippen MR) is 117 cm³/mol. The molecule has 0 aromatic rings. The van der Waals surface area contributed by atoms with E-state index in [9.17, 15) is 14.7 Å². The smallest absolute Gasteiger partial charge is 0.283 e. The summed E-state index contributed by atoms with van der Waals surface area (Å²) in [6.07, 6.45) is 9.18. The number of ketones is 2. The highest BCUT2D eigenvalue weighted by atomic mass is 16.9. The maximum atomic E-state index is 13.4. The number of aliphatic hydroxyl groups excluding tert-OH is 1. The van der Waals surface area contributed by atoms with Crippen LogP contribution in [0.15, 0.2) is 23.8 Å². The highest BCUT2D eigenvalue weighted by molar-refractivity contribution is 6.01. The predicted octanol–water partition coefficient (Wildman–Crippen LogP) is 3.72. The van der Waals surface area contributed by atoms with E-state index in [0.717, 1.165) is 24.8 Å². The molecule has 1 unspecified atom stereocenters. The molecule has 4 aliphatic carbocycles. The SMILES string of the molecule is CCOC1(CC)OCC(=O)[C@]2(CC[C@H]3[C@@H]4CCC5=CC(=O)C=C[C@]5(C)[C@H]4[C@@H](O)C[C@@]32C)O1. The first-order valence-electron chi connectivity index (χ1n) is 12.3. The van der Waals surface area contributed by atoms with Crippen molar-refractivity contribution in [1.29, 1.82) is 0 Å². The number of carbonyl (C=O) groups excluding carboxylic acids is 2. The minimum absolute atomic E-state index is 0.0181. The average Bonchev–Trinajstić information content (AvgIpc) is 3.03. The zero-order valence-electron chi connectivity index (χ0n) is 19.7. The van der Waals surface area contributed by atoms with Crippen molar-refractivity contribution in [2.24, 2.45) is 28.6 Å². The number of Topliss-reactive ketones (excluding diaryl/α,β-unsaturated/α-hetero) is 1. The Hall–Kier alpha value is -1.34. The summed E-state index contributed by atoms with van der Waals surface area (Å²) in [4.78, 5) is 25.4. The van der Waals surface area contributed by atoms with Gasteiger partial charge in [-0.25, -0.2) is 0 Å². The van der Waals surface area contributed by atoms with Crippen molar-refractivity contribution in [2.45, 2.75) is 83.9 Å². The van der Waals surface area contributed by atoms with Gasteiger partial charge in [0.1, 0.15) is 12.2 Å². The standard InChI is InChI=1S/C26H36O6/c1-5-26(30-6-2)31-15-21(29)25(32-26)12-10-19-18-8-7-16-13-17(27)9-11-23(16,3)22(18)20(28)14-24(19,25)4/h9,11,13,18-20,22,28H,5-8,10,12,14-15H2,1-4H3/t18-,19-,20-,22+,23-,24-,25-,26?/m0/s1. The van der Waals surface area contributed by atoms with Gasteiger partial charge in [-0.05, 0) is 63.0 Å². The number of hydrogen-bond acceptors (Lipinski definition) is 6. The van der Waals surface area contributed by atoms with Crippen molar-refractivity contribution >= 4 is 11.6 Å². The van der Waals surface area contributed by atoms with Gasteiger partial charge < -0.3 is 19.3 Å². The first-order valence-corrected chi connectivity index (χ1v) is 12.3. The third-order valence-corrected chi connectivity index (χ3v) is 9.62. The maximum absolute atomic E-state index is 13.4. The van der Waals surface area contributed by atoms with Crippen LogP contribution in [0.1, 0.15) is 66.2 Å². The molecule has 5 rings (SSSR count). The Morgan fingerprint density at radius 1 is 1.22 bits per heavy atom. The molecule has 0 amide bonds. The number of ether oxygens (including phenoxy) is 3. The average molecular weight is 445 g/mol. The Bertz CT molecular complexity index is 893. The van der Waals surface area contributed by atoms with Gasteiger partial charge in [0.15, 0.2) is 11.6 Å². The number of rotatable bonds is 3. The minimum atomic E-state index is -1.21. The second-order valence-corrected chi connectivity index (χ2v) is 10.9. The number of fused-ring (bicyclic) bond motifs is 6. The first kappa shape index (κ1) is 22.5. The summed E-state index contributed by atoms with van der Waals surface area (Å²) < 4.78 is 18.3. The van der Waals surface area contributed by atoms with Crippen molar-refractivity contribution in [2.75, 3.05) is 13.2 Å². The van der Waals surface area contributed by atoms with E-state index in [1.165, 1.54) is 0 Å². The summed E-state index contributed by atoms with van der Waals surface area (Å²) in [5.74, 6) is -0.619. The number of allylic oxidation sites excluding steroid dienone is 4. The fraction of sp³-hybridized carbons (Fsp3) is 0.769. The zero-order valence-corrected chi connectivity index (χ0v) is 19.7. The number of carbonyl (C=O) groups is 2. The summed E-state index contributed by atoms with van der Waals surface area (Å²) in [7, 11) is 0. The van der Waals surface area contributed by atoms with Crippen molar-refractivity contribution < 1.29 is 28.9 Å². The lowest BCUT2D eigenvalue weighted by Crippen LogP contribution is -2.67. The van der Waals surface area contributed by atoms with Gasteiger partial charge in [-0.1, -0.05) is 32.4 Å². The zero-order chi connectivity index (χ0) is 22.9. The molecule has 6 nitrogen and oxygen atoms in total. The Morgan fingerprint density at radius 2 is 2.00 bits per heavy atom. The van der Waals surface area contributed by atoms with Gasteiger partial charge in [0.05, 0.1) is 6.10 Å². The molecule has 32 heavy (non-hydrogen) atoms. The molecule has 0 aromatic carbocycles. The summed E-state index contributed by atoms with van der Waals surface area (Å²) in [6, 6.07) is 0. The van der Waals surface area contributed by atoms with Crippen LogP contribution in [0.25, 0.3) is 0 Å². The molecule has 1 saturated heterocycles. The normalized spacial score (nSPS) is 50.1. The van der Waals surface area contributed by atoms with Gasteiger partial charge in [0.25, 0.3) is 5.97 Å². The fourth-order valence-electron chi connectivity index (χ4n) is 8.15. The second-order valence-electron chi connectivity index (χ2n) is 10.9. The fourth-order valence-corrected chi connectivity index (χ4v) is 8.15. The van der Waals surface area contributed by atoms with Crippen LogP contribution >= 0.6 is 0 Å². The van der Waals surface area contributed by atoms with Crippen LogP contribution in [0.2, 0.25) is 0 Å². The van der Waals surface area contributed by atoms with E-state index >= 15 is 0 Å². The van der Waals surface area contributed by atoms with Gasteiger partial charge in [0.2, 0.25) is 0 Å². The first-order chi connectivity index (χ1) is 15.1. The molecule has 0 aromatic heterocycles. The van der Waals surface area contributed by atoms with Crippen LogP contribution < -0.4 is 0 Å². The van der Waals surface area contributed by atoms with Crippen LogP contribution in [0.4, 0.5) is 0 Å². The summed E-state index contributed by atoms with van der Waals surface area (Å²) in [5.41, 5.74) is -0.659. The van der Waals surface area contributed by atoms with Crippen molar-refractivity contribution in [3.05, 3.63) is 23.8 Å². The Labute approximate surface area is 190 Å². The molecule has 1 heterocycles. The largest absolute Gasteiger partial charge is 0.393 e. The second kappa shape index (κ2) is 7.33. The minimum Gasteiger partial charge on any atom is -0.393 e. The van der Waals surface area contributed by atoms with E-state index in [-0.39, 0.29) is 41.3 Å². The quantitative estimate of drug-likeness (QED) is 0.715. The lowest BCUT2D eigenvalue weighted by atomic mass is 9.46. The Balaban J connectivity index is 1.53. The molecule has 4 fully saturated rings. The van der Waals surface area contributed by atoms with Crippen molar-refractivity contribution in [3.63, 3.8) is 0 Å². The molecule has 5 aliphatic rings. The third kappa shape index (κ3) is 2.79. The molecule has 1 N–H and O–H groups in total. The molecule has 8 atom stereocenters. The maximum Gasteiger partial charge on any atom is 0.283 e. The lowest BCUT2D eigenvalue weighted by Gasteiger charge is -2.61. The molecular formula is C26H36O6. The summed E-state index contributed by atoms with van der Waals surface area (Å²) >= 11 is 0. The molecular weight excluding hydrogens is 408 g/mol. The molecule has 0 bridgehead atoms. The van der Waals surface area contributed by atoms with E-state index in [4.69, 9.17) is 14.2 Å². The van der Waals surface area contributed by atoms with E-state index in [2.05, 4.69) is 13.8 Å². The van der Waals surface area contributed by atoms with Gasteiger partial charge >= 0.3 is 0 Å². The monoisotopic (exact) mass is 444 g/mol. The Morgan fingerprint density at radius 3 is 2.72 bits per heavy atom. The molecule has 0 radical (unpaired) electrons. The molecule has 6 heteroatoms. The molecule has 3 saturated carbocycles. The van der Waals surface area contributed by atoms with Crippen LogP contribution in [0, 0.1) is 28.6 Å². The number of hydrogen-bond donors (Lipinski definition) is 1. The van der Waals surface area contributed by atoms with E-state index in [1.54, 1.807) is 12.2 Å². The highest BCUT2D eigenvalue weighted by Crippen LogP contribution is 2.68. The number of aliphatic hydroxyl groups is 1. The highest BCUT2D eigenvalue weighted by Gasteiger charge is 2.71. The van der Waals surface area contributed by atoms with Gasteiger partial charge in [-0.3, -0.25) is 9.59 Å². The third-order valence-electron chi connectivity index (χ3n) is 9.62. The van der Waals surface area contributed by atoms with E-state index in [0.29, 0.717) is 25.9 Å². The van der Waals surface area contributed by atoms with Crippen LogP contribution in [0.5, 0.6) is 0 Å². The van der Waals surface area contributed by atoms with Crippen molar-refractivity contribution in [1.82, 2.24) is 0 Å². The Kier molecular flexibility index (Phi) is 5.14. The van der Waals surface area contributed by atoms with Crippen LogP contribution in [-0.2, 0) is 23.8 Å². The van der Waals surface area contributed by atoms with E-state index < -0.39 is 23.1 Å².